The summed E-state index contributed by atoms with van der Waals surface area (Å²) in [5.74, 6) is 0.158. The third-order valence-corrected chi connectivity index (χ3v) is 3.04. The number of hydrogen-bond acceptors (Lipinski definition) is 3. The number of oxime groups is 1. The maximum atomic E-state index is 8.50. The van der Waals surface area contributed by atoms with Crippen molar-refractivity contribution in [3.05, 3.63) is 27.7 Å². The van der Waals surface area contributed by atoms with Crippen molar-refractivity contribution in [3.8, 4) is 0 Å². The molecule has 1 aromatic rings. The highest BCUT2D eigenvalue weighted by molar-refractivity contribution is 9.10. The lowest BCUT2D eigenvalue weighted by Crippen LogP contribution is -2.27. The molecule has 0 amide bonds. The lowest BCUT2D eigenvalue weighted by atomic mass is 10.1. The van der Waals surface area contributed by atoms with E-state index in [0.717, 1.165) is 10.2 Å². The lowest BCUT2D eigenvalue weighted by Gasteiger charge is -2.13. The summed E-state index contributed by atoms with van der Waals surface area (Å²) in [4.78, 5) is 0. The van der Waals surface area contributed by atoms with Crippen molar-refractivity contribution in [2.24, 2.45) is 16.8 Å². The van der Waals surface area contributed by atoms with Gasteiger partial charge in [-0.25, -0.2) is 0 Å². The predicted molar refractivity (Wildman–Crippen MR) is 70.2 cm³/mol. The summed E-state index contributed by atoms with van der Waals surface area (Å²) in [6, 6.07) is 5.46. The van der Waals surface area contributed by atoms with E-state index in [4.69, 9.17) is 22.5 Å². The second-order valence-corrected chi connectivity index (χ2v) is 4.72. The molecular formula is C10H13BrClN3O. The van der Waals surface area contributed by atoms with Crippen LogP contribution in [-0.4, -0.2) is 17.6 Å². The normalized spacial score (nSPS) is 13.6. The maximum absolute atomic E-state index is 8.50. The Morgan fingerprint density at radius 1 is 1.69 bits per heavy atom. The van der Waals surface area contributed by atoms with Crippen molar-refractivity contribution in [3.63, 3.8) is 0 Å². The van der Waals surface area contributed by atoms with Gasteiger partial charge in [0.2, 0.25) is 0 Å². The van der Waals surface area contributed by atoms with Crippen molar-refractivity contribution >= 4 is 39.1 Å². The highest BCUT2D eigenvalue weighted by Crippen LogP contribution is 2.25. The largest absolute Gasteiger partial charge is 0.409 e. The van der Waals surface area contributed by atoms with Crippen LogP contribution in [0.2, 0.25) is 5.02 Å². The first-order valence-electron chi connectivity index (χ1n) is 4.71. The minimum absolute atomic E-state index is 0.0485. The molecule has 0 bridgehead atoms. The van der Waals surface area contributed by atoms with E-state index in [1.807, 2.05) is 13.0 Å². The molecule has 4 nitrogen and oxygen atoms in total. The molecule has 4 N–H and O–H groups in total. The molecule has 1 rings (SSSR count). The van der Waals surface area contributed by atoms with Crippen molar-refractivity contribution < 1.29 is 5.21 Å². The van der Waals surface area contributed by atoms with Gasteiger partial charge in [-0.05, 0) is 34.1 Å². The molecule has 0 radical (unpaired) electrons. The molecule has 0 spiro atoms. The van der Waals surface area contributed by atoms with E-state index in [2.05, 4.69) is 26.4 Å². The van der Waals surface area contributed by atoms with Crippen molar-refractivity contribution in [1.82, 2.24) is 0 Å². The van der Waals surface area contributed by atoms with Gasteiger partial charge in [0.25, 0.3) is 0 Å². The Kier molecular flexibility index (Phi) is 4.89. The SMILES string of the molecule is CC(CNc1ccc(Cl)cc1Br)/C(N)=N/O. The Morgan fingerprint density at radius 2 is 2.38 bits per heavy atom. The van der Waals surface area contributed by atoms with Crippen LogP contribution in [0.5, 0.6) is 0 Å². The molecule has 0 aliphatic heterocycles. The summed E-state index contributed by atoms with van der Waals surface area (Å²) < 4.78 is 0.881. The van der Waals surface area contributed by atoms with Gasteiger partial charge in [-0.2, -0.15) is 0 Å². The van der Waals surface area contributed by atoms with Gasteiger partial charge in [-0.3, -0.25) is 0 Å². The van der Waals surface area contributed by atoms with E-state index < -0.39 is 0 Å². The highest BCUT2D eigenvalue weighted by atomic mass is 79.9. The van der Waals surface area contributed by atoms with E-state index in [9.17, 15) is 0 Å². The summed E-state index contributed by atoms with van der Waals surface area (Å²) in [5, 5.41) is 15.3. The third-order valence-electron chi connectivity index (χ3n) is 2.15. The molecule has 0 saturated carbocycles. The highest BCUT2D eigenvalue weighted by Gasteiger charge is 2.08. The number of benzene rings is 1. The number of amidine groups is 1. The third kappa shape index (κ3) is 3.57. The van der Waals surface area contributed by atoms with E-state index in [0.29, 0.717) is 11.6 Å². The molecule has 0 saturated heterocycles. The first kappa shape index (κ1) is 13.1. The minimum atomic E-state index is -0.0485. The average Bonchev–Trinajstić information content (AvgIpc) is 2.26. The summed E-state index contributed by atoms with van der Waals surface area (Å²) in [6.45, 7) is 2.45. The molecular weight excluding hydrogens is 293 g/mol. The summed E-state index contributed by atoms with van der Waals surface area (Å²) in [6.07, 6.45) is 0. The predicted octanol–water partition coefficient (Wildman–Crippen LogP) is 2.90. The molecule has 1 unspecified atom stereocenters. The molecule has 0 aliphatic carbocycles. The number of nitrogens with two attached hydrogens (primary N) is 1. The fraction of sp³-hybridized carbons (Fsp3) is 0.300. The number of rotatable bonds is 4. The monoisotopic (exact) mass is 305 g/mol. The zero-order valence-electron chi connectivity index (χ0n) is 8.74. The molecule has 88 valence electrons. The smallest absolute Gasteiger partial charge is 0.143 e. The van der Waals surface area contributed by atoms with Crippen molar-refractivity contribution in [2.75, 3.05) is 11.9 Å². The van der Waals surface area contributed by atoms with Gasteiger partial charge in [0, 0.05) is 27.6 Å². The zero-order valence-corrected chi connectivity index (χ0v) is 11.1. The Labute approximate surface area is 108 Å². The lowest BCUT2D eigenvalue weighted by molar-refractivity contribution is 0.315. The van der Waals surface area contributed by atoms with Crippen LogP contribution in [0.25, 0.3) is 0 Å². The maximum Gasteiger partial charge on any atom is 0.143 e. The number of anilines is 1. The number of hydrogen-bond donors (Lipinski definition) is 3. The van der Waals surface area contributed by atoms with Crippen LogP contribution in [0.1, 0.15) is 6.92 Å². The van der Waals surface area contributed by atoms with Crippen LogP contribution >= 0.6 is 27.5 Å². The van der Waals surface area contributed by atoms with Crippen LogP contribution in [0.15, 0.2) is 27.8 Å². The van der Waals surface area contributed by atoms with Crippen LogP contribution < -0.4 is 11.1 Å². The number of nitrogens with one attached hydrogen (secondary N) is 1. The summed E-state index contributed by atoms with van der Waals surface area (Å²) in [7, 11) is 0. The Bertz CT molecular complexity index is 398. The molecule has 6 heteroatoms. The van der Waals surface area contributed by atoms with Gasteiger partial charge in [-0.1, -0.05) is 23.7 Å². The molecule has 16 heavy (non-hydrogen) atoms. The topological polar surface area (TPSA) is 70.6 Å². The molecule has 0 aliphatic rings. The average molecular weight is 307 g/mol. The Hall–Kier alpha value is -0.940. The van der Waals surface area contributed by atoms with Crippen LogP contribution in [0.4, 0.5) is 5.69 Å². The standard InChI is InChI=1S/C10H13BrClN3O/c1-6(10(13)15-16)5-14-9-3-2-7(12)4-8(9)11/h2-4,6,14,16H,5H2,1H3,(H2,13,15). The van der Waals surface area contributed by atoms with E-state index in [1.165, 1.54) is 0 Å². The summed E-state index contributed by atoms with van der Waals surface area (Å²) in [5.41, 5.74) is 6.39. The van der Waals surface area contributed by atoms with E-state index in [1.54, 1.807) is 12.1 Å². The summed E-state index contributed by atoms with van der Waals surface area (Å²) >= 11 is 9.22. The number of nitrogens with zero attached hydrogens (tertiary/aromatic N) is 1. The first-order chi connectivity index (χ1) is 7.54. The number of halogens is 2. The zero-order chi connectivity index (χ0) is 12.1. The van der Waals surface area contributed by atoms with Gasteiger partial charge < -0.3 is 16.3 Å². The van der Waals surface area contributed by atoms with Crippen LogP contribution in [-0.2, 0) is 0 Å². The second-order valence-electron chi connectivity index (χ2n) is 3.43. The fourth-order valence-corrected chi connectivity index (χ4v) is 1.92. The molecule has 0 heterocycles. The van der Waals surface area contributed by atoms with Crippen LogP contribution in [0.3, 0.4) is 0 Å². The van der Waals surface area contributed by atoms with Gasteiger partial charge in [0.15, 0.2) is 0 Å². The first-order valence-corrected chi connectivity index (χ1v) is 5.88. The minimum Gasteiger partial charge on any atom is -0.409 e. The molecule has 0 fully saturated rings. The Morgan fingerprint density at radius 3 is 2.94 bits per heavy atom. The van der Waals surface area contributed by atoms with Crippen LogP contribution in [0, 0.1) is 5.92 Å². The van der Waals surface area contributed by atoms with E-state index in [-0.39, 0.29) is 11.8 Å². The van der Waals surface area contributed by atoms with Gasteiger partial charge >= 0.3 is 0 Å². The Balaban J connectivity index is 2.61. The van der Waals surface area contributed by atoms with E-state index >= 15 is 0 Å². The molecule has 1 atom stereocenters. The fourth-order valence-electron chi connectivity index (χ4n) is 1.10. The molecule has 1 aromatic carbocycles. The van der Waals surface area contributed by atoms with Gasteiger partial charge in [0.1, 0.15) is 5.84 Å². The van der Waals surface area contributed by atoms with Gasteiger partial charge in [-0.15, -0.1) is 0 Å². The second kappa shape index (κ2) is 5.96. The van der Waals surface area contributed by atoms with Crippen molar-refractivity contribution in [1.29, 1.82) is 0 Å². The molecule has 0 aromatic heterocycles. The quantitative estimate of drug-likeness (QED) is 0.347. The van der Waals surface area contributed by atoms with Crippen molar-refractivity contribution in [2.45, 2.75) is 6.92 Å². The van der Waals surface area contributed by atoms with Gasteiger partial charge in [0.05, 0.1) is 0 Å².